The van der Waals surface area contributed by atoms with Gasteiger partial charge in [-0.15, -0.1) is 11.8 Å². The van der Waals surface area contributed by atoms with E-state index < -0.39 is 0 Å². The first-order valence-corrected chi connectivity index (χ1v) is 4.91. The van der Waals surface area contributed by atoms with Crippen molar-refractivity contribution in [2.75, 3.05) is 13.4 Å². The molecular weight excluding hydrogens is 144 g/mol. The summed E-state index contributed by atoms with van der Waals surface area (Å²) in [5, 5.41) is 0. The van der Waals surface area contributed by atoms with Gasteiger partial charge in [0.05, 0.1) is 7.11 Å². The van der Waals surface area contributed by atoms with Crippen molar-refractivity contribution < 1.29 is 4.74 Å². The zero-order chi connectivity index (χ0) is 7.40. The Balaban J connectivity index is 2.63. The molecule has 0 aromatic rings. The van der Waals surface area contributed by atoms with Crippen LogP contribution in [-0.4, -0.2) is 13.4 Å². The van der Waals surface area contributed by atoms with Crippen LogP contribution in [0.5, 0.6) is 0 Å². The monoisotopic (exact) mass is 158 g/mol. The summed E-state index contributed by atoms with van der Waals surface area (Å²) in [4.78, 5) is 1.45. The maximum absolute atomic E-state index is 5.25. The van der Waals surface area contributed by atoms with Crippen LogP contribution in [0.2, 0.25) is 0 Å². The highest BCUT2D eigenvalue weighted by atomic mass is 32.2. The second kappa shape index (κ2) is 3.91. The molecule has 1 aliphatic rings. The molecular formula is C8H14OS. The van der Waals surface area contributed by atoms with Crippen LogP contribution in [0.4, 0.5) is 0 Å². The summed E-state index contributed by atoms with van der Waals surface area (Å²) >= 11 is 1.83. The first-order chi connectivity index (χ1) is 4.88. The van der Waals surface area contributed by atoms with Crippen LogP contribution >= 0.6 is 11.8 Å². The minimum Gasteiger partial charge on any atom is -0.500 e. The van der Waals surface area contributed by atoms with Gasteiger partial charge < -0.3 is 4.74 Å². The summed E-state index contributed by atoms with van der Waals surface area (Å²) in [6.07, 6.45) is 7.13. The lowest BCUT2D eigenvalue weighted by molar-refractivity contribution is 0.265. The van der Waals surface area contributed by atoms with E-state index in [0.29, 0.717) is 0 Å². The number of allylic oxidation sites excluding steroid dienone is 2. The second-order valence-corrected chi connectivity index (χ2v) is 3.36. The highest BCUT2D eigenvalue weighted by molar-refractivity contribution is 8.02. The molecule has 0 radical (unpaired) electrons. The predicted molar refractivity (Wildman–Crippen MR) is 46.0 cm³/mol. The van der Waals surface area contributed by atoms with E-state index in [9.17, 15) is 0 Å². The molecule has 0 N–H and O–H groups in total. The Morgan fingerprint density at radius 1 is 1.30 bits per heavy atom. The predicted octanol–water partition coefficient (Wildman–Crippen LogP) is 2.78. The van der Waals surface area contributed by atoms with Gasteiger partial charge in [0.25, 0.3) is 0 Å². The molecule has 0 aliphatic heterocycles. The lowest BCUT2D eigenvalue weighted by atomic mass is 10.1. The van der Waals surface area contributed by atoms with Crippen molar-refractivity contribution >= 4 is 11.8 Å². The van der Waals surface area contributed by atoms with E-state index in [1.807, 2.05) is 11.8 Å². The van der Waals surface area contributed by atoms with Crippen LogP contribution in [0.1, 0.15) is 25.7 Å². The first kappa shape index (κ1) is 7.99. The lowest BCUT2D eigenvalue weighted by Gasteiger charge is -2.16. The number of hydrogen-bond donors (Lipinski definition) is 0. The van der Waals surface area contributed by atoms with E-state index >= 15 is 0 Å². The third-order valence-corrected chi connectivity index (χ3v) is 2.79. The molecule has 1 aliphatic carbocycles. The molecule has 0 unspecified atom stereocenters. The van der Waals surface area contributed by atoms with Crippen LogP contribution < -0.4 is 0 Å². The molecule has 0 heterocycles. The third kappa shape index (κ3) is 1.69. The average Bonchev–Trinajstić information content (AvgIpc) is 2.04. The van der Waals surface area contributed by atoms with E-state index in [1.54, 1.807) is 7.11 Å². The minimum atomic E-state index is 1.15. The topological polar surface area (TPSA) is 9.23 Å². The minimum absolute atomic E-state index is 1.15. The Kier molecular flexibility index (Phi) is 3.13. The summed E-state index contributed by atoms with van der Waals surface area (Å²) in [5.41, 5.74) is 0. The fourth-order valence-electron chi connectivity index (χ4n) is 1.28. The van der Waals surface area contributed by atoms with Crippen molar-refractivity contribution in [3.8, 4) is 0 Å². The van der Waals surface area contributed by atoms with Gasteiger partial charge in [0.15, 0.2) is 0 Å². The maximum atomic E-state index is 5.25. The number of hydrogen-bond acceptors (Lipinski definition) is 2. The molecule has 0 bridgehead atoms. The van der Waals surface area contributed by atoms with Gasteiger partial charge in [0.2, 0.25) is 0 Å². The van der Waals surface area contributed by atoms with Crippen LogP contribution in [0.15, 0.2) is 10.7 Å². The van der Waals surface area contributed by atoms with E-state index in [1.165, 1.54) is 29.9 Å². The fourth-order valence-corrected chi connectivity index (χ4v) is 2.04. The molecule has 0 aromatic heterocycles. The van der Waals surface area contributed by atoms with E-state index in [-0.39, 0.29) is 0 Å². The van der Waals surface area contributed by atoms with Gasteiger partial charge in [-0.3, -0.25) is 0 Å². The molecule has 10 heavy (non-hydrogen) atoms. The molecule has 0 atom stereocenters. The SMILES string of the molecule is COC1=C(SC)CCCC1. The Morgan fingerprint density at radius 3 is 2.50 bits per heavy atom. The van der Waals surface area contributed by atoms with Crippen LogP contribution in [0.25, 0.3) is 0 Å². The smallest absolute Gasteiger partial charge is 0.105 e. The molecule has 58 valence electrons. The van der Waals surface area contributed by atoms with Crippen molar-refractivity contribution in [1.82, 2.24) is 0 Å². The van der Waals surface area contributed by atoms with Crippen molar-refractivity contribution in [3.63, 3.8) is 0 Å². The van der Waals surface area contributed by atoms with Gasteiger partial charge >= 0.3 is 0 Å². The van der Waals surface area contributed by atoms with Crippen LogP contribution in [-0.2, 0) is 4.74 Å². The second-order valence-electron chi connectivity index (χ2n) is 2.46. The van der Waals surface area contributed by atoms with Crippen LogP contribution in [0.3, 0.4) is 0 Å². The highest BCUT2D eigenvalue weighted by Crippen LogP contribution is 2.31. The normalized spacial score (nSPS) is 19.4. The summed E-state index contributed by atoms with van der Waals surface area (Å²) in [5.74, 6) is 1.22. The molecule has 0 saturated heterocycles. The Labute approximate surface area is 66.8 Å². The zero-order valence-corrected chi connectivity index (χ0v) is 7.46. The molecule has 0 spiro atoms. The van der Waals surface area contributed by atoms with Crippen molar-refractivity contribution in [3.05, 3.63) is 10.7 Å². The Morgan fingerprint density at radius 2 is 2.00 bits per heavy atom. The maximum Gasteiger partial charge on any atom is 0.105 e. The van der Waals surface area contributed by atoms with E-state index in [0.717, 1.165) is 6.42 Å². The lowest BCUT2D eigenvalue weighted by Crippen LogP contribution is -1.98. The standard InChI is InChI=1S/C8H14OS/c1-9-7-5-3-4-6-8(7)10-2/h3-6H2,1-2H3. The zero-order valence-electron chi connectivity index (χ0n) is 6.64. The van der Waals surface area contributed by atoms with Gasteiger partial charge in [-0.1, -0.05) is 0 Å². The average molecular weight is 158 g/mol. The van der Waals surface area contributed by atoms with E-state index in [2.05, 4.69) is 6.26 Å². The molecule has 0 fully saturated rings. The fraction of sp³-hybridized carbons (Fsp3) is 0.750. The van der Waals surface area contributed by atoms with Crippen molar-refractivity contribution in [2.24, 2.45) is 0 Å². The summed E-state index contributed by atoms with van der Waals surface area (Å²) in [6.45, 7) is 0. The first-order valence-electron chi connectivity index (χ1n) is 3.68. The quantitative estimate of drug-likeness (QED) is 0.611. The van der Waals surface area contributed by atoms with Gasteiger partial charge in [0, 0.05) is 11.3 Å². The number of thioether (sulfide) groups is 1. The van der Waals surface area contributed by atoms with E-state index in [4.69, 9.17) is 4.74 Å². The number of rotatable bonds is 2. The number of methoxy groups -OCH3 is 1. The Bertz CT molecular complexity index is 124. The van der Waals surface area contributed by atoms with Gasteiger partial charge in [0.1, 0.15) is 5.76 Å². The molecule has 0 saturated carbocycles. The number of ether oxygens (including phenoxy) is 1. The third-order valence-electron chi connectivity index (χ3n) is 1.86. The molecule has 1 nitrogen and oxygen atoms in total. The van der Waals surface area contributed by atoms with Crippen molar-refractivity contribution in [1.29, 1.82) is 0 Å². The molecule has 2 heteroatoms. The summed E-state index contributed by atoms with van der Waals surface area (Å²) < 4.78 is 5.25. The summed E-state index contributed by atoms with van der Waals surface area (Å²) in [7, 11) is 1.77. The van der Waals surface area contributed by atoms with Gasteiger partial charge in [-0.25, -0.2) is 0 Å². The molecule has 0 aromatic carbocycles. The highest BCUT2D eigenvalue weighted by Gasteiger charge is 2.11. The van der Waals surface area contributed by atoms with Crippen molar-refractivity contribution in [2.45, 2.75) is 25.7 Å². The Hall–Kier alpha value is -0.110. The largest absolute Gasteiger partial charge is 0.500 e. The molecule has 1 rings (SSSR count). The molecule has 0 amide bonds. The van der Waals surface area contributed by atoms with Crippen LogP contribution in [0, 0.1) is 0 Å². The summed E-state index contributed by atoms with van der Waals surface area (Å²) in [6, 6.07) is 0. The van der Waals surface area contributed by atoms with Gasteiger partial charge in [-0.05, 0) is 25.5 Å². The van der Waals surface area contributed by atoms with Gasteiger partial charge in [-0.2, -0.15) is 0 Å².